The van der Waals surface area contributed by atoms with Crippen molar-refractivity contribution >= 4 is 35.1 Å². The summed E-state index contributed by atoms with van der Waals surface area (Å²) in [4.78, 5) is 43.8. The lowest BCUT2D eigenvalue weighted by Gasteiger charge is -2.38. The minimum atomic E-state index is -1.34. The zero-order chi connectivity index (χ0) is 23.3. The molecule has 0 aromatic heterocycles. The van der Waals surface area contributed by atoms with Gasteiger partial charge in [0.1, 0.15) is 24.2 Å². The first-order valence-corrected chi connectivity index (χ1v) is 11.5. The molecular weight excluding hydrogens is 448 g/mol. The molecule has 1 N–H and O–H groups in total. The first kappa shape index (κ1) is 22.1. The van der Waals surface area contributed by atoms with Crippen molar-refractivity contribution in [1.29, 1.82) is 0 Å². The highest BCUT2D eigenvalue weighted by Crippen LogP contribution is 2.54. The van der Waals surface area contributed by atoms with Crippen molar-refractivity contribution in [2.45, 2.75) is 37.1 Å². The molecule has 1 aromatic carbocycles. The molecule has 9 heteroatoms. The minimum absolute atomic E-state index is 0.115. The molecule has 0 radical (unpaired) electrons. The summed E-state index contributed by atoms with van der Waals surface area (Å²) in [5, 5.41) is 10.6. The van der Waals surface area contributed by atoms with Gasteiger partial charge < -0.3 is 24.4 Å². The third kappa shape index (κ3) is 3.23. The number of rotatable bonds is 4. The van der Waals surface area contributed by atoms with E-state index in [0.29, 0.717) is 17.1 Å². The highest BCUT2D eigenvalue weighted by atomic mass is 35.5. The molecule has 33 heavy (non-hydrogen) atoms. The van der Waals surface area contributed by atoms with Gasteiger partial charge in [-0.05, 0) is 36.8 Å². The average molecular weight is 473 g/mol. The van der Waals surface area contributed by atoms with Crippen LogP contribution in [0.15, 0.2) is 48.6 Å². The number of carbonyl (C=O) groups is 3. The van der Waals surface area contributed by atoms with E-state index in [4.69, 9.17) is 21.1 Å². The Kier molecular flexibility index (Phi) is 5.55. The molecule has 2 saturated heterocycles. The number of hydrogen-bond donors (Lipinski definition) is 1. The molecule has 8 nitrogen and oxygen atoms in total. The Morgan fingerprint density at radius 3 is 2.64 bits per heavy atom. The third-order valence-corrected chi connectivity index (χ3v) is 7.32. The lowest BCUT2D eigenvalue weighted by molar-refractivity contribution is -0.153. The number of aliphatic hydroxyl groups excluding tert-OH is 1. The van der Waals surface area contributed by atoms with E-state index >= 15 is 0 Å². The second kappa shape index (κ2) is 8.27. The monoisotopic (exact) mass is 472 g/mol. The predicted molar refractivity (Wildman–Crippen MR) is 119 cm³/mol. The van der Waals surface area contributed by atoms with Crippen molar-refractivity contribution in [3.63, 3.8) is 0 Å². The summed E-state index contributed by atoms with van der Waals surface area (Å²) in [7, 11) is 0. The van der Waals surface area contributed by atoms with Gasteiger partial charge >= 0.3 is 5.97 Å². The number of nitrogens with zero attached hydrogens (tertiary/aromatic N) is 2. The number of likely N-dealkylation sites (tertiary alicyclic amines) is 1. The van der Waals surface area contributed by atoms with Crippen LogP contribution in [-0.2, 0) is 23.9 Å². The van der Waals surface area contributed by atoms with Crippen molar-refractivity contribution in [2.24, 2.45) is 11.8 Å². The molecule has 4 aliphatic heterocycles. The number of aliphatic hydroxyl groups is 1. The molecule has 4 aliphatic rings. The summed E-state index contributed by atoms with van der Waals surface area (Å²) in [5.74, 6) is -3.01. The summed E-state index contributed by atoms with van der Waals surface area (Å²) in [6.07, 6.45) is 6.76. The number of cyclic esters (lactones) is 1. The van der Waals surface area contributed by atoms with Crippen LogP contribution in [0.2, 0.25) is 5.02 Å². The largest absolute Gasteiger partial charge is 0.461 e. The van der Waals surface area contributed by atoms with Crippen molar-refractivity contribution in [2.75, 3.05) is 24.7 Å². The molecule has 1 spiro atoms. The Labute approximate surface area is 196 Å². The van der Waals surface area contributed by atoms with E-state index in [-0.39, 0.29) is 31.6 Å². The Morgan fingerprint density at radius 2 is 1.94 bits per heavy atom. The summed E-state index contributed by atoms with van der Waals surface area (Å²) in [6, 6.07) is 5.26. The van der Waals surface area contributed by atoms with Gasteiger partial charge in [-0.1, -0.05) is 36.8 Å². The second-order valence-electron chi connectivity index (χ2n) is 8.72. The summed E-state index contributed by atoms with van der Waals surface area (Å²) >= 11 is 6.03. The minimum Gasteiger partial charge on any atom is -0.461 e. The zero-order valence-electron chi connectivity index (χ0n) is 18.1. The van der Waals surface area contributed by atoms with Crippen molar-refractivity contribution in [3.8, 4) is 0 Å². The van der Waals surface area contributed by atoms with Gasteiger partial charge in [0.2, 0.25) is 5.91 Å². The summed E-state index contributed by atoms with van der Waals surface area (Å²) < 4.78 is 11.7. The fourth-order valence-corrected chi connectivity index (χ4v) is 5.69. The van der Waals surface area contributed by atoms with E-state index < -0.39 is 41.6 Å². The van der Waals surface area contributed by atoms with Crippen molar-refractivity contribution in [1.82, 2.24) is 4.90 Å². The third-order valence-electron chi connectivity index (χ3n) is 7.07. The van der Waals surface area contributed by atoms with Crippen LogP contribution in [-0.4, -0.2) is 71.3 Å². The van der Waals surface area contributed by atoms with E-state index in [0.717, 1.165) is 0 Å². The number of esters is 1. The first-order chi connectivity index (χ1) is 15.9. The Balaban J connectivity index is 1.65. The Morgan fingerprint density at radius 1 is 1.18 bits per heavy atom. The molecule has 1 unspecified atom stereocenters. The Bertz CT molecular complexity index is 1040. The van der Waals surface area contributed by atoms with Crippen LogP contribution in [0.4, 0.5) is 5.69 Å². The lowest BCUT2D eigenvalue weighted by Crippen LogP contribution is -2.58. The van der Waals surface area contributed by atoms with Crippen LogP contribution in [0, 0.1) is 11.8 Å². The molecule has 2 fully saturated rings. The van der Waals surface area contributed by atoms with Crippen LogP contribution in [0.1, 0.15) is 13.3 Å². The van der Waals surface area contributed by atoms with Gasteiger partial charge in [0.25, 0.3) is 5.91 Å². The number of hydrogen-bond acceptors (Lipinski definition) is 6. The van der Waals surface area contributed by atoms with Crippen LogP contribution >= 0.6 is 11.6 Å². The highest BCUT2D eigenvalue weighted by Gasteiger charge is 2.72. The van der Waals surface area contributed by atoms with Crippen LogP contribution in [0.5, 0.6) is 0 Å². The fraction of sp³-hybridized carbons (Fsp3) is 0.458. The van der Waals surface area contributed by atoms with E-state index in [1.54, 1.807) is 53.5 Å². The number of carbonyl (C=O) groups excluding carboxylic acids is 3. The van der Waals surface area contributed by atoms with Crippen molar-refractivity contribution in [3.05, 3.63) is 53.6 Å². The van der Waals surface area contributed by atoms with Gasteiger partial charge in [0, 0.05) is 17.3 Å². The van der Waals surface area contributed by atoms with E-state index in [1.165, 1.54) is 4.90 Å². The molecule has 0 saturated carbocycles. The maximum Gasteiger partial charge on any atom is 0.313 e. The van der Waals surface area contributed by atoms with Crippen LogP contribution in [0.3, 0.4) is 0 Å². The average Bonchev–Trinajstić information content (AvgIpc) is 3.11. The summed E-state index contributed by atoms with van der Waals surface area (Å²) in [6.45, 7) is 1.92. The number of amides is 2. The molecule has 5 rings (SSSR count). The standard InChI is InChI=1S/C24H25ClN2O6/c1-2-15(13-28)27-20-22(30)26(16-8-6-14(25)7-9-16)11-4-10-24(20)19(21(27)29)18-17(33-24)5-3-12-32-23(18)31/h3-10,15,17-20,28H,2,11-13H2,1H3/t15-,17-,18+,19-,20?,24-/m0/s1. The topological polar surface area (TPSA) is 96.4 Å². The molecule has 0 bridgehead atoms. The van der Waals surface area contributed by atoms with Gasteiger partial charge in [0.15, 0.2) is 0 Å². The van der Waals surface area contributed by atoms with E-state index in [2.05, 4.69) is 0 Å². The number of ether oxygens (including phenoxy) is 2. The summed E-state index contributed by atoms with van der Waals surface area (Å²) in [5.41, 5.74) is -0.709. The second-order valence-corrected chi connectivity index (χ2v) is 9.15. The van der Waals surface area contributed by atoms with E-state index in [1.807, 2.05) is 6.92 Å². The van der Waals surface area contributed by atoms with Gasteiger partial charge in [0.05, 0.1) is 24.7 Å². The molecule has 1 aromatic rings. The van der Waals surface area contributed by atoms with Gasteiger partial charge in [-0.2, -0.15) is 0 Å². The normalized spacial score (nSPS) is 33.8. The predicted octanol–water partition coefficient (Wildman–Crippen LogP) is 1.71. The lowest BCUT2D eigenvalue weighted by atomic mass is 9.78. The fourth-order valence-electron chi connectivity index (χ4n) is 5.57. The van der Waals surface area contributed by atoms with E-state index in [9.17, 15) is 19.5 Å². The maximum atomic E-state index is 14.1. The van der Waals surface area contributed by atoms with Crippen molar-refractivity contribution < 1.29 is 29.0 Å². The van der Waals surface area contributed by atoms with Gasteiger partial charge in [-0.3, -0.25) is 14.4 Å². The number of fused-ring (bicyclic) bond motifs is 2. The molecule has 6 atom stereocenters. The van der Waals surface area contributed by atoms with Crippen LogP contribution < -0.4 is 4.90 Å². The smallest absolute Gasteiger partial charge is 0.313 e. The molecule has 174 valence electrons. The number of halogens is 1. The quantitative estimate of drug-likeness (QED) is 0.529. The molecular formula is C24H25ClN2O6. The SMILES string of the molecule is CC[C@@H](CO)N1C(=O)[C@@H]2[C@@H]3C(=O)OCC=C[C@@H]3O[C@@]23C=CCN(c2ccc(Cl)cc2)C(=O)C13. The van der Waals surface area contributed by atoms with Gasteiger partial charge in [-0.15, -0.1) is 0 Å². The van der Waals surface area contributed by atoms with Gasteiger partial charge in [-0.25, -0.2) is 0 Å². The molecule has 4 heterocycles. The molecule has 2 amide bonds. The molecule has 0 aliphatic carbocycles. The zero-order valence-corrected chi connectivity index (χ0v) is 18.9. The van der Waals surface area contributed by atoms with Crippen LogP contribution in [0.25, 0.3) is 0 Å². The number of anilines is 1. The highest BCUT2D eigenvalue weighted by molar-refractivity contribution is 6.30. The first-order valence-electron chi connectivity index (χ1n) is 11.1. The number of benzene rings is 1. The maximum absolute atomic E-state index is 14.1. The Hall–Kier alpha value is -2.68.